The summed E-state index contributed by atoms with van der Waals surface area (Å²) < 4.78 is 51.3. The molecule has 0 saturated carbocycles. The maximum absolute atomic E-state index is 13.1. The number of hydrogen-bond donors (Lipinski definition) is 0. The first kappa shape index (κ1) is 23.8. The number of alkyl halides is 3. The van der Waals surface area contributed by atoms with Gasteiger partial charge in [0.25, 0.3) is 0 Å². The van der Waals surface area contributed by atoms with E-state index in [2.05, 4.69) is 0 Å². The fraction of sp³-hybridized carbons (Fsp3) is 0.308. The molecule has 1 aliphatic heterocycles. The van der Waals surface area contributed by atoms with Crippen molar-refractivity contribution in [1.29, 1.82) is 0 Å². The van der Waals surface area contributed by atoms with E-state index in [0.29, 0.717) is 78.9 Å². The van der Waals surface area contributed by atoms with Crippen molar-refractivity contribution in [2.75, 3.05) is 0 Å². The minimum absolute atomic E-state index is 0.0997. The molecule has 10 heteroatoms. The summed E-state index contributed by atoms with van der Waals surface area (Å²) in [6, 6.07) is 8.46. The Bertz CT molecular complexity index is 1320. The molecule has 186 valence electrons. The zero-order valence-corrected chi connectivity index (χ0v) is 18.9. The van der Waals surface area contributed by atoms with Gasteiger partial charge in [-0.2, -0.15) is 13.2 Å². The van der Waals surface area contributed by atoms with E-state index in [-0.39, 0.29) is 23.1 Å². The topological polar surface area (TPSA) is 95.7 Å². The Hall–Kier alpha value is -3.95. The summed E-state index contributed by atoms with van der Waals surface area (Å²) >= 11 is 0. The van der Waals surface area contributed by atoms with Crippen molar-refractivity contribution in [3.63, 3.8) is 0 Å². The highest BCUT2D eigenvalue weighted by atomic mass is 19.4. The van der Waals surface area contributed by atoms with Crippen LogP contribution in [0, 0.1) is 10.1 Å². The van der Waals surface area contributed by atoms with Crippen LogP contribution in [0.4, 0.5) is 18.9 Å². The standard InChI is InChI=1S/C26H20F3NO6/c27-26(28,29)14-11-12-20(16(13-14)30(33)34)35-19-8-2-1-5-15(19)23-24-17(31)6-3-9-21(24)36-22-10-4-7-18(32)25(22)23/h1-2,5,8,11-13,23H,3-4,6-7,9-10H2. The number of para-hydroxylation sites is 1. The second-order valence-electron chi connectivity index (χ2n) is 8.84. The average Bonchev–Trinajstić information content (AvgIpc) is 2.83. The molecule has 2 aliphatic carbocycles. The van der Waals surface area contributed by atoms with Crippen molar-refractivity contribution >= 4 is 17.3 Å². The highest BCUT2D eigenvalue weighted by molar-refractivity contribution is 6.06. The van der Waals surface area contributed by atoms with Gasteiger partial charge < -0.3 is 9.47 Å². The van der Waals surface area contributed by atoms with Gasteiger partial charge in [-0.1, -0.05) is 18.2 Å². The zero-order valence-electron chi connectivity index (χ0n) is 18.9. The first-order valence-electron chi connectivity index (χ1n) is 11.5. The van der Waals surface area contributed by atoms with Gasteiger partial charge in [-0.3, -0.25) is 19.7 Å². The van der Waals surface area contributed by atoms with Gasteiger partial charge >= 0.3 is 11.9 Å². The molecule has 5 rings (SSSR count). The maximum atomic E-state index is 13.1. The molecule has 36 heavy (non-hydrogen) atoms. The van der Waals surface area contributed by atoms with Crippen LogP contribution in [0.15, 0.2) is 65.1 Å². The van der Waals surface area contributed by atoms with E-state index >= 15 is 0 Å². The summed E-state index contributed by atoms with van der Waals surface area (Å²) in [7, 11) is 0. The molecular formula is C26H20F3NO6. The molecule has 0 amide bonds. The lowest BCUT2D eigenvalue weighted by Gasteiger charge is -2.36. The lowest BCUT2D eigenvalue weighted by Crippen LogP contribution is -2.30. The van der Waals surface area contributed by atoms with Crippen LogP contribution in [0.1, 0.15) is 55.6 Å². The fourth-order valence-electron chi connectivity index (χ4n) is 4.98. The maximum Gasteiger partial charge on any atom is 0.416 e. The summed E-state index contributed by atoms with van der Waals surface area (Å²) in [4.78, 5) is 36.7. The summed E-state index contributed by atoms with van der Waals surface area (Å²) in [5.74, 6) is -0.347. The Labute approximate surface area is 203 Å². The number of nitro benzene ring substituents is 1. The zero-order chi connectivity index (χ0) is 25.6. The van der Waals surface area contributed by atoms with Crippen LogP contribution in [-0.4, -0.2) is 16.5 Å². The highest BCUT2D eigenvalue weighted by Crippen LogP contribution is 2.50. The van der Waals surface area contributed by atoms with E-state index in [1.165, 1.54) is 6.07 Å². The SMILES string of the molecule is O=C1CCCC2=C1C(c1ccccc1Oc1ccc(C(F)(F)F)cc1[N+](=O)[O-])C1=C(CCCC1=O)O2. The highest BCUT2D eigenvalue weighted by Gasteiger charge is 2.43. The van der Waals surface area contributed by atoms with E-state index in [0.717, 1.165) is 6.07 Å². The predicted octanol–water partition coefficient (Wildman–Crippen LogP) is 6.53. The molecule has 0 unspecified atom stereocenters. The van der Waals surface area contributed by atoms with Crippen LogP contribution in [0.2, 0.25) is 0 Å². The van der Waals surface area contributed by atoms with Gasteiger partial charge in [0.05, 0.1) is 16.4 Å². The lowest BCUT2D eigenvalue weighted by molar-refractivity contribution is -0.385. The van der Waals surface area contributed by atoms with E-state index in [9.17, 15) is 32.9 Å². The number of allylic oxidation sites excluding steroid dienone is 4. The molecule has 2 aromatic rings. The molecule has 2 aromatic carbocycles. The summed E-state index contributed by atoms with van der Waals surface area (Å²) in [5, 5.41) is 11.6. The fourth-order valence-corrected chi connectivity index (χ4v) is 4.98. The summed E-state index contributed by atoms with van der Waals surface area (Å²) in [5.41, 5.74) is -0.875. The van der Waals surface area contributed by atoms with Crippen molar-refractivity contribution in [2.24, 2.45) is 0 Å². The van der Waals surface area contributed by atoms with Gasteiger partial charge in [0.15, 0.2) is 11.6 Å². The van der Waals surface area contributed by atoms with Crippen LogP contribution in [-0.2, 0) is 20.5 Å². The number of nitro groups is 1. The number of ketones is 2. The van der Waals surface area contributed by atoms with Crippen LogP contribution < -0.4 is 4.74 Å². The van der Waals surface area contributed by atoms with Gasteiger partial charge in [-0.15, -0.1) is 0 Å². The number of halogens is 3. The molecule has 0 saturated heterocycles. The van der Waals surface area contributed by atoms with E-state index in [1.54, 1.807) is 18.2 Å². The smallest absolute Gasteiger partial charge is 0.416 e. The molecule has 0 fully saturated rings. The van der Waals surface area contributed by atoms with Crippen molar-refractivity contribution in [3.8, 4) is 11.5 Å². The molecule has 0 bridgehead atoms. The molecule has 0 radical (unpaired) electrons. The molecule has 1 heterocycles. The first-order chi connectivity index (χ1) is 17.1. The number of nitrogens with zero attached hydrogens (tertiary/aromatic N) is 1. The Morgan fingerprint density at radius 2 is 1.50 bits per heavy atom. The van der Waals surface area contributed by atoms with Crippen LogP contribution in [0.5, 0.6) is 11.5 Å². The Morgan fingerprint density at radius 1 is 0.889 bits per heavy atom. The summed E-state index contributed by atoms with van der Waals surface area (Å²) in [6.07, 6.45) is -1.86. The number of benzene rings is 2. The van der Waals surface area contributed by atoms with Crippen LogP contribution >= 0.6 is 0 Å². The van der Waals surface area contributed by atoms with Gasteiger partial charge in [0, 0.05) is 48.5 Å². The van der Waals surface area contributed by atoms with Crippen molar-refractivity contribution in [2.45, 2.75) is 50.6 Å². The van der Waals surface area contributed by atoms with Crippen molar-refractivity contribution < 1.29 is 37.2 Å². The summed E-state index contributed by atoms with van der Waals surface area (Å²) in [6.45, 7) is 0. The third-order valence-corrected chi connectivity index (χ3v) is 6.57. The van der Waals surface area contributed by atoms with Crippen LogP contribution in [0.3, 0.4) is 0 Å². The molecule has 0 aromatic heterocycles. The number of carbonyl (C=O) groups is 2. The van der Waals surface area contributed by atoms with Crippen LogP contribution in [0.25, 0.3) is 0 Å². The van der Waals surface area contributed by atoms with Crippen molar-refractivity contribution in [1.82, 2.24) is 0 Å². The van der Waals surface area contributed by atoms with Crippen molar-refractivity contribution in [3.05, 3.63) is 86.4 Å². The average molecular weight is 499 g/mol. The molecular weight excluding hydrogens is 479 g/mol. The van der Waals surface area contributed by atoms with Gasteiger partial charge in [0.1, 0.15) is 17.3 Å². The lowest BCUT2D eigenvalue weighted by atomic mass is 9.73. The Balaban J connectivity index is 1.64. The molecule has 7 nitrogen and oxygen atoms in total. The number of Topliss-reactive ketones (excluding diaryl/α,β-unsaturated/α-hetero) is 2. The number of rotatable bonds is 4. The van der Waals surface area contributed by atoms with E-state index in [1.807, 2.05) is 0 Å². The molecule has 0 spiro atoms. The second kappa shape index (κ2) is 8.92. The first-order valence-corrected chi connectivity index (χ1v) is 11.5. The number of ether oxygens (including phenoxy) is 2. The predicted molar refractivity (Wildman–Crippen MR) is 120 cm³/mol. The quantitative estimate of drug-likeness (QED) is 0.350. The largest absolute Gasteiger partial charge is 0.465 e. The number of hydrogen-bond acceptors (Lipinski definition) is 6. The van der Waals surface area contributed by atoms with Gasteiger partial charge in [0.2, 0.25) is 5.75 Å². The van der Waals surface area contributed by atoms with E-state index < -0.39 is 28.3 Å². The minimum Gasteiger partial charge on any atom is -0.465 e. The Kier molecular flexibility index (Phi) is 5.89. The normalized spacial score (nSPS) is 18.5. The third-order valence-electron chi connectivity index (χ3n) is 6.57. The molecule has 3 aliphatic rings. The third kappa shape index (κ3) is 4.16. The Morgan fingerprint density at radius 3 is 2.08 bits per heavy atom. The monoisotopic (exact) mass is 499 g/mol. The molecule has 0 N–H and O–H groups in total. The molecule has 0 atom stereocenters. The van der Waals surface area contributed by atoms with Gasteiger partial charge in [-0.25, -0.2) is 0 Å². The van der Waals surface area contributed by atoms with E-state index in [4.69, 9.17) is 9.47 Å². The number of carbonyl (C=O) groups excluding carboxylic acids is 2. The minimum atomic E-state index is -4.77. The van der Waals surface area contributed by atoms with Gasteiger partial charge in [-0.05, 0) is 31.0 Å². The second-order valence-corrected chi connectivity index (χ2v) is 8.84.